The normalized spacial score (nSPS) is 28.3. The lowest BCUT2D eigenvalue weighted by Gasteiger charge is -2.46. The van der Waals surface area contributed by atoms with E-state index in [0.29, 0.717) is 17.5 Å². The van der Waals surface area contributed by atoms with Crippen molar-refractivity contribution in [3.63, 3.8) is 0 Å². The van der Waals surface area contributed by atoms with Gasteiger partial charge in [0.2, 0.25) is 0 Å². The number of nitrogens with one attached hydrogen (secondary N) is 1. The van der Waals surface area contributed by atoms with Gasteiger partial charge in [-0.3, -0.25) is 4.90 Å². The Balaban J connectivity index is 2.51. The molecule has 0 saturated carbocycles. The Morgan fingerprint density at radius 1 is 1.28 bits per heavy atom. The maximum atomic E-state index is 3.72. The Hall–Kier alpha value is -0.0800. The molecule has 0 aliphatic carbocycles. The Bertz CT molecular complexity index is 232. The summed E-state index contributed by atoms with van der Waals surface area (Å²) in [7, 11) is 0. The summed E-state index contributed by atoms with van der Waals surface area (Å²) in [5.41, 5.74) is 0.363. The fourth-order valence-corrected chi connectivity index (χ4v) is 2.94. The van der Waals surface area contributed by atoms with Gasteiger partial charge in [0, 0.05) is 31.2 Å². The van der Waals surface area contributed by atoms with Crippen molar-refractivity contribution in [1.82, 2.24) is 10.2 Å². The standard InChI is InChI=1S/C16H34N2/c1-7-8-9-10-13(2)18-12-15(16(4,5)6)17-11-14(18)3/h13-15,17H,7-12H2,1-6H3. The van der Waals surface area contributed by atoms with E-state index in [1.165, 1.54) is 32.2 Å². The molecule has 1 aliphatic heterocycles. The van der Waals surface area contributed by atoms with E-state index in [0.717, 1.165) is 12.6 Å². The second-order valence-electron chi connectivity index (χ2n) is 7.22. The molecule has 0 bridgehead atoms. The molecule has 3 unspecified atom stereocenters. The van der Waals surface area contributed by atoms with Crippen LogP contribution in [0.2, 0.25) is 0 Å². The van der Waals surface area contributed by atoms with Crippen molar-refractivity contribution in [3.8, 4) is 0 Å². The Kier molecular flexibility index (Phi) is 6.13. The molecule has 0 amide bonds. The molecule has 1 saturated heterocycles. The predicted octanol–water partition coefficient (Wildman–Crippen LogP) is 3.66. The summed E-state index contributed by atoms with van der Waals surface area (Å²) in [5.74, 6) is 0. The lowest BCUT2D eigenvalue weighted by molar-refractivity contribution is 0.0592. The number of hydrogen-bond donors (Lipinski definition) is 1. The van der Waals surface area contributed by atoms with Crippen molar-refractivity contribution >= 4 is 0 Å². The van der Waals surface area contributed by atoms with Crippen molar-refractivity contribution in [1.29, 1.82) is 0 Å². The molecule has 3 atom stereocenters. The van der Waals surface area contributed by atoms with Gasteiger partial charge in [-0.1, -0.05) is 47.0 Å². The number of piperazine rings is 1. The maximum Gasteiger partial charge on any atom is 0.0244 e. The van der Waals surface area contributed by atoms with E-state index in [2.05, 4.69) is 51.8 Å². The lowest BCUT2D eigenvalue weighted by atomic mass is 9.84. The molecule has 18 heavy (non-hydrogen) atoms. The van der Waals surface area contributed by atoms with E-state index in [4.69, 9.17) is 0 Å². The molecular formula is C16H34N2. The molecule has 0 aromatic rings. The predicted molar refractivity (Wildman–Crippen MR) is 81.0 cm³/mol. The molecule has 1 heterocycles. The Labute approximate surface area is 115 Å². The smallest absolute Gasteiger partial charge is 0.0244 e. The largest absolute Gasteiger partial charge is 0.311 e. The summed E-state index contributed by atoms with van der Waals surface area (Å²) in [6.07, 6.45) is 5.45. The third-order valence-electron chi connectivity index (χ3n) is 4.46. The SMILES string of the molecule is CCCCCC(C)N1CC(C(C)(C)C)NCC1C. The molecule has 1 fully saturated rings. The van der Waals surface area contributed by atoms with Gasteiger partial charge >= 0.3 is 0 Å². The van der Waals surface area contributed by atoms with Crippen molar-refractivity contribution in [3.05, 3.63) is 0 Å². The minimum Gasteiger partial charge on any atom is -0.311 e. The number of hydrogen-bond acceptors (Lipinski definition) is 2. The van der Waals surface area contributed by atoms with E-state index in [1.54, 1.807) is 0 Å². The van der Waals surface area contributed by atoms with Crippen LogP contribution in [-0.2, 0) is 0 Å². The van der Waals surface area contributed by atoms with Crippen LogP contribution in [0.5, 0.6) is 0 Å². The van der Waals surface area contributed by atoms with Gasteiger partial charge in [0.25, 0.3) is 0 Å². The highest BCUT2D eigenvalue weighted by Crippen LogP contribution is 2.25. The molecule has 0 spiro atoms. The first-order valence-corrected chi connectivity index (χ1v) is 7.85. The van der Waals surface area contributed by atoms with Gasteiger partial charge < -0.3 is 5.32 Å². The summed E-state index contributed by atoms with van der Waals surface area (Å²) >= 11 is 0. The van der Waals surface area contributed by atoms with Gasteiger partial charge in [0.1, 0.15) is 0 Å². The third-order valence-corrected chi connectivity index (χ3v) is 4.46. The fraction of sp³-hybridized carbons (Fsp3) is 1.00. The zero-order chi connectivity index (χ0) is 13.8. The minimum atomic E-state index is 0.363. The molecule has 1 N–H and O–H groups in total. The van der Waals surface area contributed by atoms with Crippen molar-refractivity contribution in [2.45, 2.75) is 85.4 Å². The van der Waals surface area contributed by atoms with Gasteiger partial charge in [0.05, 0.1) is 0 Å². The molecule has 108 valence electrons. The summed E-state index contributed by atoms with van der Waals surface area (Å²) in [6, 6.07) is 2.04. The van der Waals surface area contributed by atoms with E-state index < -0.39 is 0 Å². The van der Waals surface area contributed by atoms with Gasteiger partial charge in [-0.05, 0) is 25.7 Å². The van der Waals surface area contributed by atoms with Crippen LogP contribution in [-0.4, -0.2) is 36.1 Å². The monoisotopic (exact) mass is 254 g/mol. The first-order valence-electron chi connectivity index (χ1n) is 7.85. The van der Waals surface area contributed by atoms with Gasteiger partial charge in [-0.15, -0.1) is 0 Å². The molecule has 1 aliphatic rings. The van der Waals surface area contributed by atoms with Crippen molar-refractivity contribution in [2.75, 3.05) is 13.1 Å². The van der Waals surface area contributed by atoms with Crippen LogP contribution < -0.4 is 5.32 Å². The molecule has 2 nitrogen and oxygen atoms in total. The van der Waals surface area contributed by atoms with Crippen LogP contribution in [0.3, 0.4) is 0 Å². The van der Waals surface area contributed by atoms with Crippen LogP contribution in [0.4, 0.5) is 0 Å². The lowest BCUT2D eigenvalue weighted by Crippen LogP contribution is -2.61. The van der Waals surface area contributed by atoms with E-state index in [-0.39, 0.29) is 0 Å². The third kappa shape index (κ3) is 4.55. The summed E-state index contributed by atoms with van der Waals surface area (Å²) < 4.78 is 0. The van der Waals surface area contributed by atoms with Crippen LogP contribution in [0.25, 0.3) is 0 Å². The van der Waals surface area contributed by atoms with Crippen LogP contribution in [0.15, 0.2) is 0 Å². The summed E-state index contributed by atoms with van der Waals surface area (Å²) in [4.78, 5) is 2.72. The highest BCUT2D eigenvalue weighted by Gasteiger charge is 2.33. The van der Waals surface area contributed by atoms with Crippen molar-refractivity contribution < 1.29 is 0 Å². The average molecular weight is 254 g/mol. The Morgan fingerprint density at radius 3 is 2.50 bits per heavy atom. The summed E-state index contributed by atoms with van der Waals surface area (Å²) in [6.45, 7) is 16.5. The fourth-order valence-electron chi connectivity index (χ4n) is 2.94. The Morgan fingerprint density at radius 2 is 1.94 bits per heavy atom. The van der Waals surface area contributed by atoms with E-state index in [1.807, 2.05) is 0 Å². The molecule has 2 heteroatoms. The second-order valence-corrected chi connectivity index (χ2v) is 7.22. The zero-order valence-electron chi connectivity index (χ0n) is 13.4. The maximum absolute atomic E-state index is 3.72. The highest BCUT2D eigenvalue weighted by atomic mass is 15.2. The first kappa shape index (κ1) is 16.0. The van der Waals surface area contributed by atoms with E-state index >= 15 is 0 Å². The molecule has 0 radical (unpaired) electrons. The first-order chi connectivity index (χ1) is 8.36. The molecule has 0 aromatic heterocycles. The summed E-state index contributed by atoms with van der Waals surface area (Å²) in [5, 5.41) is 3.72. The van der Waals surface area contributed by atoms with Gasteiger partial charge in [-0.2, -0.15) is 0 Å². The topological polar surface area (TPSA) is 15.3 Å². The second kappa shape index (κ2) is 6.91. The number of rotatable bonds is 5. The van der Waals surface area contributed by atoms with Gasteiger partial charge in [-0.25, -0.2) is 0 Å². The number of unbranched alkanes of at least 4 members (excludes halogenated alkanes) is 2. The highest BCUT2D eigenvalue weighted by molar-refractivity contribution is 4.92. The zero-order valence-corrected chi connectivity index (χ0v) is 13.4. The minimum absolute atomic E-state index is 0.363. The van der Waals surface area contributed by atoms with Crippen molar-refractivity contribution in [2.24, 2.45) is 5.41 Å². The number of nitrogens with zero attached hydrogens (tertiary/aromatic N) is 1. The molecule has 1 rings (SSSR count). The average Bonchev–Trinajstić information content (AvgIpc) is 2.28. The van der Waals surface area contributed by atoms with Gasteiger partial charge in [0.15, 0.2) is 0 Å². The molecule has 0 aromatic carbocycles. The molecular weight excluding hydrogens is 220 g/mol. The van der Waals surface area contributed by atoms with Crippen LogP contribution in [0.1, 0.15) is 67.2 Å². The van der Waals surface area contributed by atoms with Crippen LogP contribution in [0, 0.1) is 5.41 Å². The van der Waals surface area contributed by atoms with Crippen LogP contribution >= 0.6 is 0 Å². The van der Waals surface area contributed by atoms with E-state index in [9.17, 15) is 0 Å². The quantitative estimate of drug-likeness (QED) is 0.753.